The van der Waals surface area contributed by atoms with E-state index in [4.69, 9.17) is 10.5 Å². The zero-order valence-corrected chi connectivity index (χ0v) is 9.98. The van der Waals surface area contributed by atoms with Gasteiger partial charge in [-0.05, 0) is 24.6 Å². The molecule has 1 fully saturated rings. The number of likely N-dealkylation sites (N-methyl/N-ethyl adjacent to an activating group) is 1. The van der Waals surface area contributed by atoms with E-state index in [2.05, 4.69) is 16.8 Å². The molecule has 2 N–H and O–H groups in total. The van der Waals surface area contributed by atoms with Crippen molar-refractivity contribution in [3.63, 3.8) is 0 Å². The summed E-state index contributed by atoms with van der Waals surface area (Å²) >= 11 is 0. The molecule has 0 bridgehead atoms. The lowest BCUT2D eigenvalue weighted by atomic mass is 10.1. The topological polar surface area (TPSA) is 41.7 Å². The van der Waals surface area contributed by atoms with E-state index in [0.717, 1.165) is 45.8 Å². The average Bonchev–Trinajstić information content (AvgIpc) is 2.74. The van der Waals surface area contributed by atoms with Crippen molar-refractivity contribution in [1.82, 2.24) is 9.80 Å². The monoisotopic (exact) mass is 223 g/mol. The highest BCUT2D eigenvalue weighted by molar-refractivity contribution is 5.30. The van der Waals surface area contributed by atoms with E-state index in [0.29, 0.717) is 6.04 Å². The standard InChI is InChI=1S/C12H21N3O/c1-14-3-9-5-15(6-10(9)4-14)12-2-11(13)7-16-8-12/h11-12H,2-8,13H2,1H3. The molecule has 0 radical (unpaired) electrons. The molecule has 2 atom stereocenters. The highest BCUT2D eigenvalue weighted by atomic mass is 16.5. The second-order valence-corrected chi connectivity index (χ2v) is 5.47. The number of hydrogen-bond acceptors (Lipinski definition) is 4. The number of hydrogen-bond donors (Lipinski definition) is 1. The summed E-state index contributed by atoms with van der Waals surface area (Å²) in [5.74, 6) is 0. The molecular weight excluding hydrogens is 202 g/mol. The van der Waals surface area contributed by atoms with Crippen LogP contribution in [0.4, 0.5) is 0 Å². The van der Waals surface area contributed by atoms with Crippen LogP contribution < -0.4 is 5.73 Å². The summed E-state index contributed by atoms with van der Waals surface area (Å²) in [6.07, 6.45) is 1.09. The van der Waals surface area contributed by atoms with Gasteiger partial charge in [0, 0.05) is 38.3 Å². The van der Waals surface area contributed by atoms with Crippen LogP contribution in [0.5, 0.6) is 0 Å². The maximum atomic E-state index is 5.96. The van der Waals surface area contributed by atoms with Gasteiger partial charge in [-0.1, -0.05) is 0 Å². The number of nitrogens with zero attached hydrogens (tertiary/aromatic N) is 2. The molecule has 3 aliphatic heterocycles. The van der Waals surface area contributed by atoms with Crippen LogP contribution in [0.15, 0.2) is 11.1 Å². The van der Waals surface area contributed by atoms with E-state index in [-0.39, 0.29) is 6.04 Å². The molecule has 3 rings (SSSR count). The van der Waals surface area contributed by atoms with Gasteiger partial charge in [-0.2, -0.15) is 0 Å². The molecule has 0 spiro atoms. The molecule has 0 aromatic rings. The molecule has 3 heterocycles. The molecule has 3 aliphatic rings. The van der Waals surface area contributed by atoms with Crippen molar-refractivity contribution in [2.75, 3.05) is 46.4 Å². The lowest BCUT2D eigenvalue weighted by molar-refractivity contribution is 0.0154. The molecule has 4 nitrogen and oxygen atoms in total. The molecule has 0 aromatic heterocycles. The van der Waals surface area contributed by atoms with Crippen LogP contribution >= 0.6 is 0 Å². The molecule has 0 amide bonds. The van der Waals surface area contributed by atoms with E-state index in [1.807, 2.05) is 0 Å². The van der Waals surface area contributed by atoms with Crippen molar-refractivity contribution in [3.05, 3.63) is 11.1 Å². The van der Waals surface area contributed by atoms with Crippen molar-refractivity contribution < 1.29 is 4.74 Å². The Bertz CT molecular complexity index is 297. The molecule has 4 heteroatoms. The van der Waals surface area contributed by atoms with Gasteiger partial charge in [-0.25, -0.2) is 0 Å². The Hall–Kier alpha value is -0.420. The first-order valence-corrected chi connectivity index (χ1v) is 6.18. The molecule has 0 saturated carbocycles. The highest BCUT2D eigenvalue weighted by Crippen LogP contribution is 2.27. The predicted octanol–water partition coefficient (Wildman–Crippen LogP) is -0.340. The Labute approximate surface area is 97.0 Å². The summed E-state index contributed by atoms with van der Waals surface area (Å²) in [6, 6.07) is 0.775. The van der Waals surface area contributed by atoms with E-state index in [1.54, 1.807) is 11.1 Å². The molecule has 0 aromatic carbocycles. The quantitative estimate of drug-likeness (QED) is 0.618. The Balaban J connectivity index is 1.59. The average molecular weight is 223 g/mol. The van der Waals surface area contributed by atoms with Gasteiger partial charge in [0.25, 0.3) is 0 Å². The maximum Gasteiger partial charge on any atom is 0.0623 e. The van der Waals surface area contributed by atoms with Crippen molar-refractivity contribution in [1.29, 1.82) is 0 Å². The Morgan fingerprint density at radius 3 is 2.44 bits per heavy atom. The van der Waals surface area contributed by atoms with Crippen LogP contribution in [0.25, 0.3) is 0 Å². The second-order valence-electron chi connectivity index (χ2n) is 5.47. The van der Waals surface area contributed by atoms with Gasteiger partial charge in [0.05, 0.1) is 13.2 Å². The van der Waals surface area contributed by atoms with E-state index in [1.165, 1.54) is 0 Å². The van der Waals surface area contributed by atoms with Crippen LogP contribution in [0.3, 0.4) is 0 Å². The largest absolute Gasteiger partial charge is 0.378 e. The smallest absolute Gasteiger partial charge is 0.0623 e. The molecule has 2 unspecified atom stereocenters. The Morgan fingerprint density at radius 2 is 1.81 bits per heavy atom. The summed E-state index contributed by atoms with van der Waals surface area (Å²) in [4.78, 5) is 4.95. The van der Waals surface area contributed by atoms with Crippen LogP contribution in [-0.2, 0) is 4.74 Å². The van der Waals surface area contributed by atoms with Gasteiger partial charge in [-0.3, -0.25) is 9.80 Å². The maximum absolute atomic E-state index is 5.96. The second kappa shape index (κ2) is 4.11. The third-order valence-corrected chi connectivity index (χ3v) is 3.94. The summed E-state index contributed by atoms with van der Waals surface area (Å²) in [6.45, 7) is 6.20. The zero-order chi connectivity index (χ0) is 11.1. The van der Waals surface area contributed by atoms with E-state index >= 15 is 0 Å². The van der Waals surface area contributed by atoms with Gasteiger partial charge in [-0.15, -0.1) is 0 Å². The summed E-state index contributed by atoms with van der Waals surface area (Å²) in [5.41, 5.74) is 9.24. The SMILES string of the molecule is CN1CC2=C(C1)CN(C1COCC(N)C1)C2. The first kappa shape index (κ1) is 10.7. The third-order valence-electron chi connectivity index (χ3n) is 3.94. The predicted molar refractivity (Wildman–Crippen MR) is 63.3 cm³/mol. The number of ether oxygens (including phenoxy) is 1. The minimum absolute atomic E-state index is 0.233. The number of nitrogens with two attached hydrogens (primary N) is 1. The Morgan fingerprint density at radius 1 is 1.12 bits per heavy atom. The third kappa shape index (κ3) is 1.91. The summed E-state index contributed by atoms with van der Waals surface area (Å²) in [5, 5.41) is 0. The van der Waals surface area contributed by atoms with Crippen LogP contribution in [0.2, 0.25) is 0 Å². The van der Waals surface area contributed by atoms with E-state index in [9.17, 15) is 0 Å². The van der Waals surface area contributed by atoms with Crippen LogP contribution in [-0.4, -0.2) is 68.3 Å². The first-order valence-electron chi connectivity index (χ1n) is 6.18. The fourth-order valence-electron chi connectivity index (χ4n) is 3.15. The molecular formula is C12H21N3O. The molecule has 90 valence electrons. The first-order chi connectivity index (χ1) is 7.72. The van der Waals surface area contributed by atoms with Crippen LogP contribution in [0, 0.1) is 0 Å². The van der Waals surface area contributed by atoms with Gasteiger partial charge >= 0.3 is 0 Å². The van der Waals surface area contributed by atoms with Crippen molar-refractivity contribution in [2.24, 2.45) is 5.73 Å². The fourth-order valence-corrected chi connectivity index (χ4v) is 3.15. The Kier molecular flexibility index (Phi) is 2.75. The zero-order valence-electron chi connectivity index (χ0n) is 9.98. The lowest BCUT2D eigenvalue weighted by Crippen LogP contribution is -2.48. The normalized spacial score (nSPS) is 37.1. The van der Waals surface area contributed by atoms with Crippen molar-refractivity contribution in [2.45, 2.75) is 18.5 Å². The van der Waals surface area contributed by atoms with Crippen molar-refractivity contribution in [3.8, 4) is 0 Å². The minimum Gasteiger partial charge on any atom is -0.378 e. The summed E-state index contributed by atoms with van der Waals surface area (Å²) < 4.78 is 5.55. The highest BCUT2D eigenvalue weighted by Gasteiger charge is 2.33. The van der Waals surface area contributed by atoms with E-state index < -0.39 is 0 Å². The van der Waals surface area contributed by atoms with Crippen molar-refractivity contribution >= 4 is 0 Å². The summed E-state index contributed by atoms with van der Waals surface area (Å²) in [7, 11) is 2.20. The van der Waals surface area contributed by atoms with Gasteiger partial charge in [0.15, 0.2) is 0 Å². The van der Waals surface area contributed by atoms with Gasteiger partial charge < -0.3 is 10.5 Å². The van der Waals surface area contributed by atoms with Gasteiger partial charge in [0.2, 0.25) is 0 Å². The molecule has 0 aliphatic carbocycles. The van der Waals surface area contributed by atoms with Gasteiger partial charge in [0.1, 0.15) is 0 Å². The fraction of sp³-hybridized carbons (Fsp3) is 0.833. The number of rotatable bonds is 1. The molecule has 1 saturated heterocycles. The molecule has 16 heavy (non-hydrogen) atoms. The minimum atomic E-state index is 0.233. The lowest BCUT2D eigenvalue weighted by Gasteiger charge is -2.34. The van der Waals surface area contributed by atoms with Crippen LogP contribution in [0.1, 0.15) is 6.42 Å².